The summed E-state index contributed by atoms with van der Waals surface area (Å²) in [4.78, 5) is 55.4. The first-order valence-corrected chi connectivity index (χ1v) is 22.6. The number of nitrogens with one attached hydrogen (secondary N) is 1. The molecular formula is C47H76N2O11. The lowest BCUT2D eigenvalue weighted by Gasteiger charge is -2.67. The summed E-state index contributed by atoms with van der Waals surface area (Å²) in [5, 5.41) is 50.8. The monoisotopic (exact) mass is 845 g/mol. The van der Waals surface area contributed by atoms with Crippen molar-refractivity contribution in [2.75, 3.05) is 20.2 Å². The lowest BCUT2D eigenvalue weighted by Crippen LogP contribution is -2.78. The van der Waals surface area contributed by atoms with Crippen LogP contribution in [0, 0.1) is 22.7 Å². The Hall–Kier alpha value is -3.10. The molecule has 3 fully saturated rings. The molecule has 4 rings (SSSR count). The predicted molar refractivity (Wildman–Crippen MR) is 229 cm³/mol. The van der Waals surface area contributed by atoms with Crippen molar-refractivity contribution in [1.82, 2.24) is 10.2 Å². The zero-order chi connectivity index (χ0) is 44.6. The molecule has 13 nitrogen and oxygen atoms in total. The molecule has 0 aromatic heterocycles. The molecule has 0 aromatic carbocycles. The standard InChI is InChI=1S/C47H76N2O11/c1-10-11-12-13-14-15-16-17-18-19-20-21-22-23-24-25-26-49(9)43(55)60-39(32(4)48-33(5)50)42(54)59-34-28-47(57)31(3)40-45(8,35(51)27-36-46(40,56)29-58-36)41(53)38(52)37(30(34)2)44(47,6)7/h14-15,17-18,31-32,34-36,38-40,51-52,56-57H,10-13,16,19-29H2,1-9H3,(H,48,50)/b15-14-,18-17-/t31-,32-,34-,35-,36+,38+,39+,40-,45+,46-,47+/m0/s1. The van der Waals surface area contributed by atoms with Gasteiger partial charge in [0.05, 0.1) is 35.9 Å². The van der Waals surface area contributed by atoms with Gasteiger partial charge in [0.25, 0.3) is 0 Å². The van der Waals surface area contributed by atoms with Crippen LogP contribution < -0.4 is 5.32 Å². The minimum Gasteiger partial charge on any atom is -0.455 e. The number of nitrogens with zero attached hydrogens (tertiary/aromatic N) is 1. The van der Waals surface area contributed by atoms with Gasteiger partial charge >= 0.3 is 12.1 Å². The highest BCUT2D eigenvalue weighted by Gasteiger charge is 2.74. The molecular weight excluding hydrogens is 769 g/mol. The van der Waals surface area contributed by atoms with E-state index in [1.807, 2.05) is 0 Å². The third-order valence-corrected chi connectivity index (χ3v) is 14.5. The normalized spacial score (nSPS) is 33.2. The Bertz CT molecular complexity index is 1610. The number of aliphatic hydroxyl groups is 4. The first-order chi connectivity index (χ1) is 28.2. The van der Waals surface area contributed by atoms with Gasteiger partial charge in [-0.1, -0.05) is 90.5 Å². The fraction of sp³-hybridized carbons (Fsp3) is 0.787. The number of amides is 2. The molecule has 4 aliphatic rings. The highest BCUT2D eigenvalue weighted by atomic mass is 16.6. The van der Waals surface area contributed by atoms with Crippen molar-refractivity contribution in [2.24, 2.45) is 22.7 Å². The molecule has 5 N–H and O–H groups in total. The molecule has 1 saturated heterocycles. The van der Waals surface area contributed by atoms with Gasteiger partial charge in [-0.15, -0.1) is 0 Å². The molecule has 2 saturated carbocycles. The molecule has 13 heteroatoms. The Morgan fingerprint density at radius 1 is 0.967 bits per heavy atom. The number of ether oxygens (including phenoxy) is 3. The molecule has 60 heavy (non-hydrogen) atoms. The van der Waals surface area contributed by atoms with E-state index in [1.54, 1.807) is 34.7 Å². The molecule has 340 valence electrons. The summed E-state index contributed by atoms with van der Waals surface area (Å²) < 4.78 is 17.4. The summed E-state index contributed by atoms with van der Waals surface area (Å²) in [7, 11) is 1.59. The number of carbonyl (C=O) groups is 4. The van der Waals surface area contributed by atoms with Gasteiger partial charge in [0.1, 0.15) is 17.8 Å². The molecule has 1 aliphatic heterocycles. The van der Waals surface area contributed by atoms with Crippen molar-refractivity contribution < 1.29 is 53.8 Å². The molecule has 2 bridgehead atoms. The zero-order valence-electron chi connectivity index (χ0n) is 37.8. The van der Waals surface area contributed by atoms with Crippen LogP contribution in [0.5, 0.6) is 0 Å². The average Bonchev–Trinajstić information content (AvgIpc) is 3.18. The van der Waals surface area contributed by atoms with Crippen LogP contribution in [0.3, 0.4) is 0 Å². The van der Waals surface area contributed by atoms with Gasteiger partial charge in [-0.3, -0.25) is 9.59 Å². The van der Waals surface area contributed by atoms with Gasteiger partial charge in [0, 0.05) is 44.7 Å². The summed E-state index contributed by atoms with van der Waals surface area (Å²) in [5.74, 6) is -4.03. The van der Waals surface area contributed by atoms with E-state index in [9.17, 15) is 39.6 Å². The second-order valence-corrected chi connectivity index (χ2v) is 18.9. The number of aliphatic hydroxyl groups excluding tert-OH is 2. The van der Waals surface area contributed by atoms with Crippen molar-refractivity contribution in [2.45, 2.75) is 193 Å². The molecule has 11 atom stereocenters. The van der Waals surface area contributed by atoms with Crippen LogP contribution in [0.15, 0.2) is 35.5 Å². The van der Waals surface area contributed by atoms with Gasteiger partial charge in [0.15, 0.2) is 5.78 Å². The molecule has 0 aromatic rings. The minimum atomic E-state index is -1.80. The van der Waals surface area contributed by atoms with E-state index in [-0.39, 0.29) is 25.0 Å². The Balaban J connectivity index is 1.39. The van der Waals surface area contributed by atoms with Crippen molar-refractivity contribution in [3.05, 3.63) is 35.5 Å². The van der Waals surface area contributed by atoms with Crippen molar-refractivity contribution in [3.8, 4) is 0 Å². The van der Waals surface area contributed by atoms with Crippen LogP contribution in [0.1, 0.15) is 145 Å². The van der Waals surface area contributed by atoms with Gasteiger partial charge in [0.2, 0.25) is 12.0 Å². The van der Waals surface area contributed by atoms with E-state index in [1.165, 1.54) is 44.9 Å². The Kier molecular flexibility index (Phi) is 17.2. The van der Waals surface area contributed by atoms with E-state index in [0.29, 0.717) is 12.1 Å². The third-order valence-electron chi connectivity index (χ3n) is 14.5. The average molecular weight is 845 g/mol. The summed E-state index contributed by atoms with van der Waals surface area (Å²) in [6.45, 7) is 13.6. The number of Topliss-reactive ketones (excluding diaryl/α,β-unsaturated/α-hetero) is 1. The summed E-state index contributed by atoms with van der Waals surface area (Å²) in [6, 6.07) is -0.990. The van der Waals surface area contributed by atoms with Gasteiger partial charge < -0.3 is 44.9 Å². The van der Waals surface area contributed by atoms with Crippen LogP contribution in [-0.2, 0) is 28.6 Å². The van der Waals surface area contributed by atoms with Crippen LogP contribution in [0.25, 0.3) is 0 Å². The summed E-state index contributed by atoms with van der Waals surface area (Å²) in [6.07, 6.45) is 14.6. The predicted octanol–water partition coefficient (Wildman–Crippen LogP) is 6.25. The number of fused-ring (bicyclic) bond motifs is 5. The van der Waals surface area contributed by atoms with E-state index in [4.69, 9.17) is 14.2 Å². The number of esters is 1. The fourth-order valence-corrected chi connectivity index (χ4v) is 10.7. The first-order valence-electron chi connectivity index (χ1n) is 22.6. The summed E-state index contributed by atoms with van der Waals surface area (Å²) in [5.41, 5.74) is -5.73. The Morgan fingerprint density at radius 3 is 2.15 bits per heavy atom. The Labute approximate surface area is 358 Å². The maximum atomic E-state index is 14.4. The quantitative estimate of drug-likeness (QED) is 0.0529. The van der Waals surface area contributed by atoms with Crippen molar-refractivity contribution in [3.63, 3.8) is 0 Å². The molecule has 0 unspecified atom stereocenters. The number of hydrogen-bond acceptors (Lipinski definition) is 11. The lowest BCUT2D eigenvalue weighted by atomic mass is 9.43. The highest BCUT2D eigenvalue weighted by Crippen LogP contribution is 2.64. The van der Waals surface area contributed by atoms with Gasteiger partial charge in [-0.2, -0.15) is 0 Å². The van der Waals surface area contributed by atoms with Crippen LogP contribution in [0.2, 0.25) is 0 Å². The van der Waals surface area contributed by atoms with E-state index < -0.39 is 94.2 Å². The SMILES string of the molecule is CCCCC/C=C\C/C=C\CCCCCCCCN(C)C(=O)O[C@@H](C(=O)O[C@H]1C[C@@]2(O)[C@@H](C)[C@@H]3[C@]4(O)CO[C@@H]4C[C@H](O)[C@@]3(C)C(=O)[C@H](O)C(=C1C)C2(C)C)[C@H](C)NC(C)=O. The maximum absolute atomic E-state index is 14.4. The van der Waals surface area contributed by atoms with Crippen LogP contribution in [-0.4, -0.2) is 117 Å². The smallest absolute Gasteiger partial charge is 0.410 e. The number of rotatable bonds is 20. The van der Waals surface area contributed by atoms with E-state index >= 15 is 0 Å². The molecule has 3 aliphatic carbocycles. The lowest BCUT2D eigenvalue weighted by molar-refractivity contribution is -0.335. The number of allylic oxidation sites excluding steroid dienone is 4. The molecule has 2 amide bonds. The second kappa shape index (κ2) is 20.8. The first kappa shape index (κ1) is 49.6. The van der Waals surface area contributed by atoms with Crippen LogP contribution in [0.4, 0.5) is 4.79 Å². The molecule has 1 heterocycles. The number of carbonyl (C=O) groups excluding carboxylic acids is 4. The highest BCUT2D eigenvalue weighted by molar-refractivity contribution is 5.93. The minimum absolute atomic E-state index is 0.00715. The number of unbranched alkanes of at least 4 members (excludes halogenated alkanes) is 9. The van der Waals surface area contributed by atoms with Crippen molar-refractivity contribution in [1.29, 1.82) is 0 Å². The zero-order valence-corrected chi connectivity index (χ0v) is 37.8. The third kappa shape index (κ3) is 10.2. The van der Waals surface area contributed by atoms with Crippen molar-refractivity contribution >= 4 is 23.8 Å². The molecule has 0 spiro atoms. The van der Waals surface area contributed by atoms with Crippen LogP contribution >= 0.6 is 0 Å². The number of hydrogen-bond donors (Lipinski definition) is 5. The van der Waals surface area contributed by atoms with Gasteiger partial charge in [-0.05, 0) is 76.4 Å². The fourth-order valence-electron chi connectivity index (χ4n) is 10.7. The van der Waals surface area contributed by atoms with E-state index in [0.717, 1.165) is 57.8 Å². The van der Waals surface area contributed by atoms with E-state index in [2.05, 4.69) is 36.5 Å². The second-order valence-electron chi connectivity index (χ2n) is 18.9. The Morgan fingerprint density at radius 2 is 1.57 bits per heavy atom. The largest absolute Gasteiger partial charge is 0.455 e. The molecule has 0 radical (unpaired) electrons. The van der Waals surface area contributed by atoms with Gasteiger partial charge in [-0.25, -0.2) is 9.59 Å². The maximum Gasteiger partial charge on any atom is 0.410 e. The topological polar surface area (TPSA) is 192 Å². The number of ketones is 1. The summed E-state index contributed by atoms with van der Waals surface area (Å²) >= 11 is 0.